The van der Waals surface area contributed by atoms with Crippen molar-refractivity contribution in [2.75, 3.05) is 4.90 Å². The predicted molar refractivity (Wildman–Crippen MR) is 126 cm³/mol. The highest BCUT2D eigenvalue weighted by Crippen LogP contribution is 2.31. The van der Waals surface area contributed by atoms with E-state index in [9.17, 15) is 14.0 Å². The van der Waals surface area contributed by atoms with Crippen LogP contribution in [0.2, 0.25) is 0 Å². The molecule has 0 aliphatic carbocycles. The zero-order chi connectivity index (χ0) is 23.2. The smallest absolute Gasteiger partial charge is 0.338 e. The molecule has 0 atom stereocenters. The van der Waals surface area contributed by atoms with Gasteiger partial charge in [-0.1, -0.05) is 60.7 Å². The van der Waals surface area contributed by atoms with Crippen LogP contribution in [0.5, 0.6) is 0 Å². The fourth-order valence-corrected chi connectivity index (χ4v) is 4.28. The van der Waals surface area contributed by atoms with E-state index in [4.69, 9.17) is 4.74 Å². The van der Waals surface area contributed by atoms with Crippen LogP contribution in [0.15, 0.2) is 84.2 Å². The maximum Gasteiger partial charge on any atom is 0.338 e. The van der Waals surface area contributed by atoms with Gasteiger partial charge in [0.05, 0.1) is 16.9 Å². The lowest BCUT2D eigenvalue weighted by atomic mass is 10.00. The Labute approximate surface area is 195 Å². The lowest BCUT2D eigenvalue weighted by Gasteiger charge is -2.18. The number of esters is 1. The molecule has 0 aliphatic heterocycles. The van der Waals surface area contributed by atoms with Crippen LogP contribution in [0.25, 0.3) is 0 Å². The van der Waals surface area contributed by atoms with Crippen molar-refractivity contribution in [3.8, 4) is 0 Å². The van der Waals surface area contributed by atoms with Crippen LogP contribution in [0.4, 0.5) is 15.2 Å². The number of ether oxygens (including phenoxy) is 1. The third kappa shape index (κ3) is 5.32. The summed E-state index contributed by atoms with van der Waals surface area (Å²) < 4.78 is 19.7. The topological polar surface area (TPSA) is 59.5 Å². The molecule has 0 aliphatic rings. The number of carbonyl (C=O) groups is 2. The maximum atomic E-state index is 14.2. The Morgan fingerprint density at radius 1 is 0.970 bits per heavy atom. The zero-order valence-electron chi connectivity index (χ0n) is 17.9. The molecule has 1 amide bonds. The van der Waals surface area contributed by atoms with Gasteiger partial charge < -0.3 is 4.74 Å². The molecule has 0 saturated heterocycles. The van der Waals surface area contributed by atoms with E-state index in [0.717, 1.165) is 11.1 Å². The van der Waals surface area contributed by atoms with E-state index in [2.05, 4.69) is 4.98 Å². The Kier molecular flexibility index (Phi) is 6.90. The summed E-state index contributed by atoms with van der Waals surface area (Å²) in [4.78, 5) is 30.6. The van der Waals surface area contributed by atoms with Gasteiger partial charge in [-0.15, -0.1) is 11.3 Å². The fourth-order valence-electron chi connectivity index (χ4n) is 3.41. The highest BCUT2D eigenvalue weighted by molar-refractivity contribution is 7.14. The van der Waals surface area contributed by atoms with Gasteiger partial charge in [-0.3, -0.25) is 9.69 Å². The van der Waals surface area contributed by atoms with Crippen LogP contribution >= 0.6 is 11.3 Å². The highest BCUT2D eigenvalue weighted by atomic mass is 32.1. The molecule has 0 radical (unpaired) electrons. The van der Waals surface area contributed by atoms with Gasteiger partial charge in [0.15, 0.2) is 5.13 Å². The molecular weight excluding hydrogens is 439 g/mol. The summed E-state index contributed by atoms with van der Waals surface area (Å²) in [7, 11) is 0. The quantitative estimate of drug-likeness (QED) is 0.322. The van der Waals surface area contributed by atoms with Crippen LogP contribution in [-0.4, -0.2) is 16.9 Å². The molecule has 1 aromatic heterocycles. The van der Waals surface area contributed by atoms with Crippen LogP contribution in [-0.2, 0) is 22.6 Å². The molecule has 0 N–H and O–H groups in total. The number of para-hydroxylation sites is 1. The highest BCUT2D eigenvalue weighted by Gasteiger charge is 2.21. The molecule has 33 heavy (non-hydrogen) atoms. The largest absolute Gasteiger partial charge is 0.456 e. The number of hydrogen-bond donors (Lipinski definition) is 0. The van der Waals surface area contributed by atoms with Gasteiger partial charge in [-0.05, 0) is 35.7 Å². The van der Waals surface area contributed by atoms with Crippen molar-refractivity contribution in [3.63, 3.8) is 0 Å². The number of nitrogens with zero attached hydrogens (tertiary/aromatic N) is 2. The molecule has 1 heterocycles. The van der Waals surface area contributed by atoms with E-state index in [-0.39, 0.29) is 18.2 Å². The van der Waals surface area contributed by atoms with E-state index in [0.29, 0.717) is 22.8 Å². The molecule has 7 heteroatoms. The minimum atomic E-state index is -0.522. The number of thiazole rings is 1. The number of aromatic nitrogens is 1. The molecule has 166 valence electrons. The number of carbonyl (C=O) groups excluding carboxylic acids is 2. The molecule has 0 unspecified atom stereocenters. The van der Waals surface area contributed by atoms with E-state index in [1.54, 1.807) is 29.6 Å². The number of rotatable bonds is 7. The first kappa shape index (κ1) is 22.4. The van der Waals surface area contributed by atoms with Gasteiger partial charge in [-0.2, -0.15) is 0 Å². The van der Waals surface area contributed by atoms with E-state index >= 15 is 0 Å². The fraction of sp³-hybridized carbons (Fsp3) is 0.115. The number of benzene rings is 3. The summed E-state index contributed by atoms with van der Waals surface area (Å²) in [5.41, 5.74) is 3.06. The van der Waals surface area contributed by atoms with E-state index in [1.807, 2.05) is 42.5 Å². The second kappa shape index (κ2) is 10.2. The SMILES string of the molecule is CC(=O)N(c1nc(COC(=O)c2ccccc2Cc2ccccc2)cs1)c1ccccc1F. The summed E-state index contributed by atoms with van der Waals surface area (Å²) in [6.45, 7) is 1.29. The normalized spacial score (nSPS) is 10.6. The Balaban J connectivity index is 1.47. The van der Waals surface area contributed by atoms with Crippen LogP contribution in [0.1, 0.15) is 34.1 Å². The Morgan fingerprint density at radius 2 is 1.67 bits per heavy atom. The van der Waals surface area contributed by atoms with Gasteiger partial charge in [0.2, 0.25) is 5.91 Å². The third-order valence-corrected chi connectivity index (χ3v) is 5.84. The van der Waals surface area contributed by atoms with Crippen molar-refractivity contribution in [1.29, 1.82) is 0 Å². The van der Waals surface area contributed by atoms with E-state index < -0.39 is 11.8 Å². The molecule has 0 bridgehead atoms. The summed E-state index contributed by atoms with van der Waals surface area (Å²) in [5, 5.41) is 2.00. The average Bonchev–Trinajstić information content (AvgIpc) is 3.28. The molecule has 3 aromatic carbocycles. The molecule has 4 rings (SSSR count). The summed E-state index contributed by atoms with van der Waals surface area (Å²) in [6, 6.07) is 23.2. The van der Waals surface area contributed by atoms with Crippen molar-refractivity contribution >= 4 is 34.0 Å². The Morgan fingerprint density at radius 3 is 2.42 bits per heavy atom. The first-order valence-electron chi connectivity index (χ1n) is 10.3. The third-order valence-electron chi connectivity index (χ3n) is 4.96. The van der Waals surface area contributed by atoms with Crippen molar-refractivity contribution in [3.05, 3.63) is 112 Å². The minimum absolute atomic E-state index is 0.0575. The van der Waals surface area contributed by atoms with E-state index in [1.165, 1.54) is 35.3 Å². The number of amides is 1. The molecule has 0 saturated carbocycles. The zero-order valence-corrected chi connectivity index (χ0v) is 18.7. The van der Waals surface area contributed by atoms with Crippen molar-refractivity contribution in [2.45, 2.75) is 20.0 Å². The first-order valence-corrected chi connectivity index (χ1v) is 11.2. The minimum Gasteiger partial charge on any atom is -0.456 e. The van der Waals surface area contributed by atoms with Crippen LogP contribution in [0, 0.1) is 5.82 Å². The number of anilines is 2. The second-order valence-electron chi connectivity index (χ2n) is 7.32. The predicted octanol–water partition coefficient (Wildman–Crippen LogP) is 5.91. The molecular formula is C26H21FN2O3S. The van der Waals surface area contributed by atoms with Gasteiger partial charge in [0.1, 0.15) is 12.4 Å². The molecule has 0 spiro atoms. The summed E-state index contributed by atoms with van der Waals surface area (Å²) in [5.74, 6) is -1.34. The van der Waals surface area contributed by atoms with Crippen molar-refractivity contribution < 1.29 is 18.7 Å². The van der Waals surface area contributed by atoms with Crippen molar-refractivity contribution in [2.24, 2.45) is 0 Å². The van der Waals surface area contributed by atoms with Gasteiger partial charge in [-0.25, -0.2) is 14.2 Å². The summed E-state index contributed by atoms with van der Waals surface area (Å²) in [6.07, 6.45) is 0.614. The average molecular weight is 461 g/mol. The van der Waals surface area contributed by atoms with Gasteiger partial charge in [0, 0.05) is 12.3 Å². The summed E-state index contributed by atoms with van der Waals surface area (Å²) >= 11 is 1.18. The second-order valence-corrected chi connectivity index (χ2v) is 8.16. The molecule has 5 nitrogen and oxygen atoms in total. The first-order chi connectivity index (χ1) is 16.0. The Hall–Kier alpha value is -3.84. The molecule has 0 fully saturated rings. The lowest BCUT2D eigenvalue weighted by molar-refractivity contribution is -0.115. The van der Waals surface area contributed by atoms with Gasteiger partial charge >= 0.3 is 5.97 Å². The Bertz CT molecular complexity index is 1270. The van der Waals surface area contributed by atoms with Crippen LogP contribution < -0.4 is 4.90 Å². The lowest BCUT2D eigenvalue weighted by Crippen LogP contribution is -2.23. The van der Waals surface area contributed by atoms with Gasteiger partial charge in [0.25, 0.3) is 0 Å². The maximum absolute atomic E-state index is 14.2. The monoisotopic (exact) mass is 460 g/mol. The molecule has 4 aromatic rings. The number of hydrogen-bond acceptors (Lipinski definition) is 5. The number of halogens is 1. The van der Waals surface area contributed by atoms with Crippen LogP contribution in [0.3, 0.4) is 0 Å². The van der Waals surface area contributed by atoms with Crippen molar-refractivity contribution in [1.82, 2.24) is 4.98 Å². The standard InChI is InChI=1S/C26H21FN2O3S/c1-18(30)29(24-14-8-7-13-23(24)27)26-28-21(17-33-26)16-32-25(31)22-12-6-5-11-20(22)15-19-9-3-2-4-10-19/h2-14,17H,15-16H2,1H3.